The summed E-state index contributed by atoms with van der Waals surface area (Å²) in [4.78, 5) is 43.9. The predicted octanol–water partition coefficient (Wildman–Crippen LogP) is 7.08. The van der Waals surface area contributed by atoms with Crippen molar-refractivity contribution in [1.82, 2.24) is 34.6 Å². The summed E-state index contributed by atoms with van der Waals surface area (Å²) < 4.78 is 28.6. The molecule has 5 atom stereocenters. The van der Waals surface area contributed by atoms with Crippen LogP contribution < -0.4 is 16.0 Å². The molecule has 3 N–H and O–H groups in total. The van der Waals surface area contributed by atoms with Gasteiger partial charge in [0.2, 0.25) is 8.41 Å². The Morgan fingerprint density at radius 1 is 0.823 bits per heavy atom. The number of hydrogen-bond acceptors (Lipinski definition) is 7. The molecule has 0 saturated carbocycles. The van der Waals surface area contributed by atoms with Crippen LogP contribution in [0.3, 0.4) is 0 Å². The Kier molecular flexibility index (Phi) is 9.57. The zero-order chi connectivity index (χ0) is 42.9. The van der Waals surface area contributed by atoms with Gasteiger partial charge in [0.25, 0.3) is 17.0 Å². The molecule has 5 aromatic carbocycles. The number of halogens is 1. The second-order valence-corrected chi connectivity index (χ2v) is 20.8. The predicted molar refractivity (Wildman–Crippen MR) is 237 cm³/mol. The molecule has 2 aliphatic heterocycles. The molecule has 1 amide bonds. The second-order valence-electron chi connectivity index (χ2n) is 17.0. The average molecular weight is 849 g/mol. The van der Waals surface area contributed by atoms with Gasteiger partial charge < -0.3 is 18.9 Å². The van der Waals surface area contributed by atoms with Crippen molar-refractivity contribution in [3.8, 4) is 11.4 Å². The number of aryl methyl sites for hydroxylation is 1. The quantitative estimate of drug-likeness (QED) is 0.0929. The molecular formula is C47H45FN8O5Si. The van der Waals surface area contributed by atoms with Crippen molar-refractivity contribution in [1.29, 1.82) is 0 Å². The van der Waals surface area contributed by atoms with Gasteiger partial charge in [0.15, 0.2) is 5.60 Å². The van der Waals surface area contributed by atoms with E-state index < -0.39 is 31.6 Å². The second kappa shape index (κ2) is 15.0. The molecule has 1 fully saturated rings. The van der Waals surface area contributed by atoms with Gasteiger partial charge in [0.05, 0.1) is 69.7 Å². The van der Waals surface area contributed by atoms with Crippen molar-refractivity contribution >= 4 is 41.8 Å². The maximum Gasteiger partial charge on any atom is 0.279 e. The first-order chi connectivity index (χ1) is 30.0. The minimum absolute atomic E-state index is 0.142. The molecule has 1 saturated heterocycles. The average Bonchev–Trinajstić information content (AvgIpc) is 4.08. The van der Waals surface area contributed by atoms with Crippen LogP contribution in [-0.2, 0) is 28.2 Å². The van der Waals surface area contributed by atoms with Crippen LogP contribution in [0.25, 0.3) is 33.2 Å². The molecule has 62 heavy (non-hydrogen) atoms. The van der Waals surface area contributed by atoms with Crippen LogP contribution in [0.4, 0.5) is 9.80 Å². The van der Waals surface area contributed by atoms with Gasteiger partial charge in [0.1, 0.15) is 0 Å². The summed E-state index contributed by atoms with van der Waals surface area (Å²) in [7, 11) is -3.52. The Morgan fingerprint density at radius 3 is 2.06 bits per heavy atom. The fourth-order valence-electron chi connectivity index (χ4n) is 9.91. The van der Waals surface area contributed by atoms with Gasteiger partial charge in [-0.25, -0.2) is 9.36 Å². The molecular weight excluding hydrogens is 804 g/mol. The Labute approximate surface area is 356 Å². The number of fused-ring (bicyclic) bond motifs is 4. The Bertz CT molecular complexity index is 3090. The minimum Gasteiger partial charge on any atom is -0.395 e. The topological polar surface area (TPSA) is 156 Å². The van der Waals surface area contributed by atoms with E-state index in [1.165, 1.54) is 9.36 Å². The zero-order valence-electron chi connectivity index (χ0n) is 34.4. The zero-order valence-corrected chi connectivity index (χ0v) is 35.4. The minimum atomic E-state index is -3.52. The van der Waals surface area contributed by atoms with Gasteiger partial charge >= 0.3 is 0 Å². The van der Waals surface area contributed by atoms with Gasteiger partial charge in [-0.15, -0.1) is 5.10 Å². The number of anilines is 1. The number of hydrogen-bond donors (Lipinski definition) is 3. The summed E-state index contributed by atoms with van der Waals surface area (Å²) in [6, 6.07) is 37.1. The third-order valence-electron chi connectivity index (χ3n) is 12.9. The first kappa shape index (κ1) is 39.5. The smallest absolute Gasteiger partial charge is 0.279 e. The van der Waals surface area contributed by atoms with E-state index in [-0.39, 0.29) is 36.1 Å². The third kappa shape index (κ3) is 6.37. The molecule has 1 spiro atoms. The van der Waals surface area contributed by atoms with Crippen LogP contribution in [0, 0.1) is 5.92 Å². The molecule has 13 nitrogen and oxygen atoms in total. The molecule has 8 aromatic rings. The number of carbonyl (C=O) groups is 1. The maximum absolute atomic E-state index is 16.8. The van der Waals surface area contributed by atoms with Crippen LogP contribution >= 0.6 is 0 Å². The highest BCUT2D eigenvalue weighted by atomic mass is 28.4. The number of ether oxygens (including phenoxy) is 1. The first-order valence-electron chi connectivity index (χ1n) is 20.8. The molecule has 0 bridgehead atoms. The standard InChI is InChI=1S/C47H45FN8O5Si/c1-29-43(62(2,3)48)42(23-24-53-27-40(49-52-53)36(28-57)31-11-5-4-6-12-31)61-47(29)37-25-33(56-45(59)35-14-8-10-16-39(35)51-56)21-22-41(37)54(46(47)60)26-30-17-19-32(20-18-30)55-44(58)34-13-7-9-15-38(34)50-55/h4-22,25,27,29,36,42-43,50-51,57H,23-24,26,28H2,1-3H3/t29-,36?,42+,43-,47+/m0/s1. The summed E-state index contributed by atoms with van der Waals surface area (Å²) in [5, 5.41) is 26.5. The highest BCUT2D eigenvalue weighted by Crippen LogP contribution is 2.60. The van der Waals surface area contributed by atoms with Crippen molar-refractivity contribution in [2.75, 3.05) is 11.5 Å². The summed E-state index contributed by atoms with van der Waals surface area (Å²) in [6.45, 7) is 5.63. The third-order valence-corrected chi connectivity index (χ3v) is 15.3. The molecule has 5 heterocycles. The van der Waals surface area contributed by atoms with Crippen LogP contribution in [0.2, 0.25) is 18.6 Å². The van der Waals surface area contributed by atoms with Crippen molar-refractivity contribution < 1.29 is 18.7 Å². The van der Waals surface area contributed by atoms with E-state index in [4.69, 9.17) is 4.74 Å². The number of aromatic nitrogens is 7. The normalized spacial score (nSPS) is 20.5. The number of aliphatic hydroxyl groups excluding tert-OH is 1. The fraction of sp³-hybridized carbons (Fsp3) is 0.255. The van der Waals surface area contributed by atoms with Crippen molar-refractivity contribution in [2.24, 2.45) is 5.92 Å². The van der Waals surface area contributed by atoms with Crippen molar-refractivity contribution in [2.45, 2.75) is 62.7 Å². The lowest BCUT2D eigenvalue weighted by Gasteiger charge is -2.31. The summed E-state index contributed by atoms with van der Waals surface area (Å²) in [5.41, 5.74) is 3.55. The highest BCUT2D eigenvalue weighted by Gasteiger charge is 2.66. The Balaban J connectivity index is 1.01. The number of amides is 1. The Hall–Kier alpha value is -6.68. The lowest BCUT2D eigenvalue weighted by Crippen LogP contribution is -2.45. The molecule has 10 rings (SSSR count). The SMILES string of the molecule is C[C@H]1[C@H]([Si](C)(C)F)[C@@H](CCn2cc(C(CO)c3ccccc3)nn2)O[C@]12C(=O)N(Cc1ccc(-n3[nH]c4ccccc4c3=O)cc1)c1ccc(-n3[nH]c4ccccc4c3=O)cc12. The molecule has 3 aromatic heterocycles. The highest BCUT2D eigenvalue weighted by molar-refractivity contribution is 6.72. The van der Waals surface area contributed by atoms with Crippen LogP contribution in [0.5, 0.6) is 0 Å². The largest absolute Gasteiger partial charge is 0.395 e. The summed E-state index contributed by atoms with van der Waals surface area (Å²) in [6.07, 6.45) is 1.50. The van der Waals surface area contributed by atoms with E-state index in [0.717, 1.165) is 16.6 Å². The number of para-hydroxylation sites is 2. The van der Waals surface area contributed by atoms with Gasteiger partial charge in [-0.05, 0) is 85.2 Å². The molecule has 0 radical (unpaired) electrons. The number of aromatic amines is 2. The van der Waals surface area contributed by atoms with E-state index in [0.29, 0.717) is 57.6 Å². The molecule has 2 aliphatic rings. The van der Waals surface area contributed by atoms with Gasteiger partial charge in [-0.2, -0.15) is 0 Å². The molecule has 314 valence electrons. The van der Waals surface area contributed by atoms with Crippen LogP contribution in [0.15, 0.2) is 137 Å². The number of benzene rings is 5. The summed E-state index contributed by atoms with van der Waals surface area (Å²) in [5.74, 6) is -1.24. The van der Waals surface area contributed by atoms with E-state index in [1.54, 1.807) is 47.1 Å². The number of nitrogens with one attached hydrogen (secondary N) is 2. The van der Waals surface area contributed by atoms with Gasteiger partial charge in [-0.3, -0.25) is 29.3 Å². The number of H-pyrrole nitrogens is 2. The van der Waals surface area contributed by atoms with Crippen molar-refractivity contribution in [3.05, 3.63) is 171 Å². The lowest BCUT2D eigenvalue weighted by atomic mass is 9.82. The van der Waals surface area contributed by atoms with Gasteiger partial charge in [-0.1, -0.05) is 78.9 Å². The van der Waals surface area contributed by atoms with E-state index in [1.807, 2.05) is 110 Å². The molecule has 0 aliphatic carbocycles. The number of rotatable bonds is 11. The van der Waals surface area contributed by atoms with E-state index in [2.05, 4.69) is 20.5 Å². The van der Waals surface area contributed by atoms with Crippen LogP contribution in [0.1, 0.15) is 41.6 Å². The molecule has 15 heteroatoms. The maximum atomic E-state index is 16.8. The van der Waals surface area contributed by atoms with Crippen molar-refractivity contribution in [3.63, 3.8) is 0 Å². The Morgan fingerprint density at radius 2 is 1.44 bits per heavy atom. The van der Waals surface area contributed by atoms with Crippen LogP contribution in [-0.4, -0.2) is 66.7 Å². The summed E-state index contributed by atoms with van der Waals surface area (Å²) >= 11 is 0. The van der Waals surface area contributed by atoms with E-state index >= 15 is 8.90 Å². The number of carbonyl (C=O) groups excluding carboxylic acids is 1. The monoisotopic (exact) mass is 848 g/mol. The van der Waals surface area contributed by atoms with Gasteiger partial charge in [0, 0.05) is 29.8 Å². The number of nitrogens with zero attached hydrogens (tertiary/aromatic N) is 6. The van der Waals surface area contributed by atoms with E-state index in [9.17, 15) is 14.7 Å². The fourth-order valence-corrected chi connectivity index (χ4v) is 12.5. The first-order valence-corrected chi connectivity index (χ1v) is 23.8. The lowest BCUT2D eigenvalue weighted by molar-refractivity contribution is -0.146. The molecule has 1 unspecified atom stereocenters. The number of aliphatic hydroxyl groups is 1.